The number of benzene rings is 3. The van der Waals surface area contributed by atoms with E-state index in [1.54, 1.807) is 18.2 Å². The number of ether oxygens (including phenoxy) is 1. The van der Waals surface area contributed by atoms with E-state index in [1.165, 1.54) is 12.1 Å². The predicted octanol–water partition coefficient (Wildman–Crippen LogP) is 4.84. The van der Waals surface area contributed by atoms with E-state index in [2.05, 4.69) is 4.99 Å². The Morgan fingerprint density at radius 2 is 1.50 bits per heavy atom. The first kappa shape index (κ1) is 16.0. The molecule has 0 radical (unpaired) electrons. The van der Waals surface area contributed by atoms with Crippen molar-refractivity contribution in [2.75, 3.05) is 0 Å². The second kappa shape index (κ2) is 6.76. The van der Waals surface area contributed by atoms with E-state index >= 15 is 0 Å². The van der Waals surface area contributed by atoms with Crippen molar-refractivity contribution in [1.82, 2.24) is 0 Å². The van der Waals surface area contributed by atoms with Gasteiger partial charge in [-0.15, -0.1) is 0 Å². The van der Waals surface area contributed by atoms with Crippen LogP contribution in [0.25, 0.3) is 17.2 Å². The predicted molar refractivity (Wildman–Crippen MR) is 98.9 cm³/mol. The zero-order chi connectivity index (χ0) is 17.9. The minimum Gasteiger partial charge on any atom is -0.402 e. The molecule has 0 fully saturated rings. The number of aliphatic imine (C=N–C) groups is 1. The topological polar surface area (TPSA) is 38.7 Å². The lowest BCUT2D eigenvalue weighted by atomic mass is 10.0. The normalized spacial score (nSPS) is 15.0. The number of hydrogen-bond donors (Lipinski definition) is 0. The van der Waals surface area contributed by atoms with Gasteiger partial charge in [-0.25, -0.2) is 14.2 Å². The van der Waals surface area contributed by atoms with Crippen LogP contribution in [0.5, 0.6) is 0 Å². The fraction of sp³-hybridized carbons (Fsp3) is 0. The molecule has 1 heterocycles. The molecule has 0 saturated heterocycles. The molecule has 0 saturated carbocycles. The smallest absolute Gasteiger partial charge is 0.363 e. The van der Waals surface area contributed by atoms with E-state index < -0.39 is 11.8 Å². The van der Waals surface area contributed by atoms with Crippen LogP contribution in [-0.4, -0.2) is 11.9 Å². The molecular weight excluding hydrogens is 329 g/mol. The van der Waals surface area contributed by atoms with E-state index in [4.69, 9.17) is 4.74 Å². The van der Waals surface area contributed by atoms with E-state index in [0.717, 1.165) is 16.7 Å². The molecule has 0 N–H and O–H groups in total. The molecule has 126 valence electrons. The van der Waals surface area contributed by atoms with Crippen LogP contribution in [-0.2, 0) is 9.53 Å². The van der Waals surface area contributed by atoms with Gasteiger partial charge in [-0.3, -0.25) is 0 Å². The molecule has 3 aromatic carbocycles. The lowest BCUT2D eigenvalue weighted by Gasteiger charge is -2.01. The van der Waals surface area contributed by atoms with Crippen LogP contribution in [0.3, 0.4) is 0 Å². The second-order valence-electron chi connectivity index (χ2n) is 5.83. The Bertz CT molecular complexity index is 1020. The molecule has 0 amide bonds. The van der Waals surface area contributed by atoms with Crippen molar-refractivity contribution in [1.29, 1.82) is 0 Å². The van der Waals surface area contributed by atoms with Gasteiger partial charge in [0.1, 0.15) is 5.82 Å². The molecule has 0 bridgehead atoms. The average Bonchev–Trinajstić information content (AvgIpc) is 3.04. The van der Waals surface area contributed by atoms with Crippen LogP contribution in [0.1, 0.15) is 11.1 Å². The second-order valence-corrected chi connectivity index (χ2v) is 5.83. The highest BCUT2D eigenvalue weighted by Gasteiger charge is 2.24. The van der Waals surface area contributed by atoms with Crippen LogP contribution in [0.2, 0.25) is 0 Å². The molecule has 0 aromatic heterocycles. The SMILES string of the molecule is O=C1OC(c2cccc(F)c2)=N/C1=C/c1ccc(-c2ccccc2)cc1. The van der Waals surface area contributed by atoms with Crippen molar-refractivity contribution in [2.24, 2.45) is 4.99 Å². The van der Waals surface area contributed by atoms with Gasteiger partial charge in [0.05, 0.1) is 0 Å². The zero-order valence-electron chi connectivity index (χ0n) is 13.7. The van der Waals surface area contributed by atoms with E-state index in [9.17, 15) is 9.18 Å². The standard InChI is InChI=1S/C22H14FNO2/c23-19-8-4-7-18(14-19)21-24-20(22(25)26-21)13-15-9-11-17(12-10-15)16-5-2-1-3-6-16/h1-14H/b20-13+. The molecule has 0 spiro atoms. The molecular formula is C22H14FNO2. The van der Waals surface area contributed by atoms with E-state index in [1.807, 2.05) is 54.6 Å². The molecule has 1 aliphatic rings. The number of halogens is 1. The van der Waals surface area contributed by atoms with Crippen LogP contribution in [0, 0.1) is 5.82 Å². The summed E-state index contributed by atoms with van der Waals surface area (Å²) < 4.78 is 18.5. The monoisotopic (exact) mass is 343 g/mol. The highest BCUT2D eigenvalue weighted by molar-refractivity contribution is 6.12. The van der Waals surface area contributed by atoms with Gasteiger partial charge in [0.15, 0.2) is 5.70 Å². The summed E-state index contributed by atoms with van der Waals surface area (Å²) in [7, 11) is 0. The van der Waals surface area contributed by atoms with Gasteiger partial charge in [-0.1, -0.05) is 60.7 Å². The summed E-state index contributed by atoms with van der Waals surface area (Å²) in [5.41, 5.74) is 3.67. The Kier molecular flexibility index (Phi) is 4.15. The number of rotatable bonds is 3. The summed E-state index contributed by atoms with van der Waals surface area (Å²) in [5.74, 6) is -0.840. The minimum absolute atomic E-state index is 0.113. The molecule has 0 aliphatic carbocycles. The first-order chi connectivity index (χ1) is 12.7. The Labute approximate surface area is 150 Å². The largest absolute Gasteiger partial charge is 0.402 e. The fourth-order valence-corrected chi connectivity index (χ4v) is 2.71. The minimum atomic E-state index is -0.545. The number of esters is 1. The summed E-state index contributed by atoms with van der Waals surface area (Å²) >= 11 is 0. The van der Waals surface area contributed by atoms with Crippen LogP contribution in [0.15, 0.2) is 89.6 Å². The zero-order valence-corrected chi connectivity index (χ0v) is 13.7. The van der Waals surface area contributed by atoms with Crippen molar-refractivity contribution < 1.29 is 13.9 Å². The lowest BCUT2D eigenvalue weighted by Crippen LogP contribution is -2.05. The summed E-state index contributed by atoms with van der Waals surface area (Å²) in [4.78, 5) is 16.2. The highest BCUT2D eigenvalue weighted by Crippen LogP contribution is 2.22. The van der Waals surface area contributed by atoms with Gasteiger partial charge in [-0.2, -0.15) is 0 Å². The number of carbonyl (C=O) groups excluding carboxylic acids is 1. The van der Waals surface area contributed by atoms with Crippen LogP contribution in [0.4, 0.5) is 4.39 Å². The van der Waals surface area contributed by atoms with Crippen molar-refractivity contribution >= 4 is 17.9 Å². The Morgan fingerprint density at radius 3 is 2.23 bits per heavy atom. The summed E-state index contributed by atoms with van der Waals surface area (Å²) in [6.45, 7) is 0. The molecule has 0 atom stereocenters. The maximum atomic E-state index is 13.3. The Morgan fingerprint density at radius 1 is 0.808 bits per heavy atom. The third-order valence-electron chi connectivity index (χ3n) is 4.01. The number of nitrogens with zero attached hydrogens (tertiary/aromatic N) is 1. The van der Waals surface area contributed by atoms with Gasteiger partial charge in [-0.05, 0) is 41.0 Å². The fourth-order valence-electron chi connectivity index (χ4n) is 2.71. The molecule has 1 aliphatic heterocycles. The summed E-state index contributed by atoms with van der Waals surface area (Å²) in [6.07, 6.45) is 1.66. The maximum Gasteiger partial charge on any atom is 0.363 e. The third-order valence-corrected chi connectivity index (χ3v) is 4.01. The lowest BCUT2D eigenvalue weighted by molar-refractivity contribution is -0.129. The van der Waals surface area contributed by atoms with Crippen LogP contribution < -0.4 is 0 Å². The van der Waals surface area contributed by atoms with Gasteiger partial charge in [0.2, 0.25) is 5.90 Å². The van der Waals surface area contributed by atoms with Gasteiger partial charge in [0.25, 0.3) is 0 Å². The first-order valence-corrected chi connectivity index (χ1v) is 8.13. The molecule has 3 nitrogen and oxygen atoms in total. The highest BCUT2D eigenvalue weighted by atomic mass is 19.1. The van der Waals surface area contributed by atoms with Crippen molar-refractivity contribution in [3.8, 4) is 11.1 Å². The average molecular weight is 343 g/mol. The number of carbonyl (C=O) groups is 1. The molecule has 4 rings (SSSR count). The first-order valence-electron chi connectivity index (χ1n) is 8.13. The Hall–Kier alpha value is -3.53. The molecule has 26 heavy (non-hydrogen) atoms. The van der Waals surface area contributed by atoms with Gasteiger partial charge < -0.3 is 4.74 Å². The van der Waals surface area contributed by atoms with Crippen molar-refractivity contribution in [3.63, 3.8) is 0 Å². The van der Waals surface area contributed by atoms with Crippen LogP contribution >= 0.6 is 0 Å². The number of cyclic esters (lactones) is 1. The summed E-state index contributed by atoms with van der Waals surface area (Å²) in [5, 5.41) is 0. The third kappa shape index (κ3) is 3.30. The molecule has 4 heteroatoms. The molecule has 3 aromatic rings. The van der Waals surface area contributed by atoms with E-state index in [0.29, 0.717) is 5.56 Å². The Balaban J connectivity index is 1.60. The summed E-state index contributed by atoms with van der Waals surface area (Å²) in [6, 6.07) is 23.6. The van der Waals surface area contributed by atoms with Gasteiger partial charge >= 0.3 is 5.97 Å². The quantitative estimate of drug-likeness (QED) is 0.504. The number of hydrogen-bond acceptors (Lipinski definition) is 3. The van der Waals surface area contributed by atoms with Crippen molar-refractivity contribution in [3.05, 3.63) is 102 Å². The maximum absolute atomic E-state index is 13.3. The van der Waals surface area contributed by atoms with Gasteiger partial charge in [0, 0.05) is 5.56 Å². The van der Waals surface area contributed by atoms with Crippen molar-refractivity contribution in [2.45, 2.75) is 0 Å². The van der Waals surface area contributed by atoms with E-state index in [-0.39, 0.29) is 11.6 Å². The molecule has 0 unspecified atom stereocenters.